The first-order valence-corrected chi connectivity index (χ1v) is 11.6. The maximum absolute atomic E-state index is 12.8. The van der Waals surface area contributed by atoms with Gasteiger partial charge in [0.2, 0.25) is 5.89 Å². The molecule has 0 saturated heterocycles. The van der Waals surface area contributed by atoms with Crippen LogP contribution in [0.4, 0.5) is 0 Å². The summed E-state index contributed by atoms with van der Waals surface area (Å²) >= 11 is 3.05. The summed E-state index contributed by atoms with van der Waals surface area (Å²) in [6.07, 6.45) is 0.972. The lowest BCUT2D eigenvalue weighted by Gasteiger charge is -2.09. The summed E-state index contributed by atoms with van der Waals surface area (Å²) in [5.74, 6) is 0.825. The quantitative estimate of drug-likeness (QED) is 0.260. The highest BCUT2D eigenvalue weighted by atomic mass is 32.2. The van der Waals surface area contributed by atoms with Crippen LogP contribution in [0.1, 0.15) is 32.2 Å². The number of benzene rings is 1. The highest BCUT2D eigenvalue weighted by Gasteiger charge is 2.18. The lowest BCUT2D eigenvalue weighted by molar-refractivity contribution is 0.102. The first-order valence-electron chi connectivity index (χ1n) is 9.77. The molecule has 5 nitrogen and oxygen atoms in total. The molecule has 0 spiro atoms. The second kappa shape index (κ2) is 9.02. The van der Waals surface area contributed by atoms with Crippen molar-refractivity contribution in [3.63, 3.8) is 0 Å². The number of thiophene rings is 1. The van der Waals surface area contributed by atoms with Gasteiger partial charge in [0.15, 0.2) is 5.78 Å². The molecule has 0 N–H and O–H groups in total. The molecule has 0 saturated carbocycles. The molecule has 0 aliphatic carbocycles. The Labute approximate surface area is 184 Å². The van der Waals surface area contributed by atoms with E-state index in [2.05, 4.69) is 39.2 Å². The zero-order valence-corrected chi connectivity index (χ0v) is 18.8. The SMILES string of the molecule is Cc1ccccc1-c1nnc(SCC(=O)c2cc(C)n(CCc3cccs3)c2C)o1. The van der Waals surface area contributed by atoms with Crippen LogP contribution in [-0.4, -0.2) is 26.3 Å². The second-order valence-corrected chi connectivity index (χ2v) is 9.12. The number of rotatable bonds is 8. The summed E-state index contributed by atoms with van der Waals surface area (Å²) in [7, 11) is 0. The normalized spacial score (nSPS) is 11.2. The van der Waals surface area contributed by atoms with Crippen LogP contribution >= 0.6 is 23.1 Å². The summed E-state index contributed by atoms with van der Waals surface area (Å²) in [4.78, 5) is 14.2. The first-order chi connectivity index (χ1) is 14.5. The number of hydrogen-bond acceptors (Lipinski definition) is 6. The van der Waals surface area contributed by atoms with Crippen LogP contribution in [0.2, 0.25) is 0 Å². The highest BCUT2D eigenvalue weighted by Crippen LogP contribution is 2.26. The Balaban J connectivity index is 1.41. The molecule has 1 aromatic carbocycles. The van der Waals surface area contributed by atoms with Crippen molar-refractivity contribution in [1.29, 1.82) is 0 Å². The van der Waals surface area contributed by atoms with Crippen molar-refractivity contribution in [2.24, 2.45) is 0 Å². The molecule has 0 radical (unpaired) electrons. The maximum Gasteiger partial charge on any atom is 0.277 e. The lowest BCUT2D eigenvalue weighted by Crippen LogP contribution is -2.08. The molecule has 7 heteroatoms. The molecular formula is C23H23N3O2S2. The Morgan fingerprint density at radius 3 is 2.73 bits per heavy atom. The molecule has 3 aromatic heterocycles. The summed E-state index contributed by atoms with van der Waals surface area (Å²) in [5, 5.41) is 10.7. The van der Waals surface area contributed by atoms with E-state index in [4.69, 9.17) is 4.42 Å². The molecule has 0 aliphatic heterocycles. The Kier molecular flexibility index (Phi) is 6.20. The highest BCUT2D eigenvalue weighted by molar-refractivity contribution is 7.99. The number of aromatic nitrogens is 3. The molecule has 4 aromatic rings. The van der Waals surface area contributed by atoms with Crippen LogP contribution in [0.5, 0.6) is 0 Å². The van der Waals surface area contributed by atoms with E-state index in [1.807, 2.05) is 44.2 Å². The van der Waals surface area contributed by atoms with E-state index < -0.39 is 0 Å². The van der Waals surface area contributed by atoms with Gasteiger partial charge < -0.3 is 8.98 Å². The van der Waals surface area contributed by atoms with Crippen molar-refractivity contribution in [1.82, 2.24) is 14.8 Å². The van der Waals surface area contributed by atoms with Gasteiger partial charge in [-0.2, -0.15) is 0 Å². The Morgan fingerprint density at radius 1 is 1.13 bits per heavy atom. The molecule has 0 unspecified atom stereocenters. The molecule has 0 amide bonds. The van der Waals surface area contributed by atoms with Gasteiger partial charge in [-0.05, 0) is 56.3 Å². The van der Waals surface area contributed by atoms with Gasteiger partial charge in [0.05, 0.1) is 5.75 Å². The predicted octanol–water partition coefficient (Wildman–Crippen LogP) is 5.74. The molecule has 4 rings (SSSR count). The number of hydrogen-bond donors (Lipinski definition) is 0. The third-order valence-corrected chi connectivity index (χ3v) is 6.90. The Bertz CT molecular complexity index is 1160. The van der Waals surface area contributed by atoms with Crippen LogP contribution in [0.25, 0.3) is 11.5 Å². The van der Waals surface area contributed by atoms with Crippen LogP contribution < -0.4 is 0 Å². The van der Waals surface area contributed by atoms with E-state index in [1.165, 1.54) is 16.6 Å². The topological polar surface area (TPSA) is 60.9 Å². The van der Waals surface area contributed by atoms with Gasteiger partial charge in [-0.1, -0.05) is 36.0 Å². The molecule has 0 atom stereocenters. The molecular weight excluding hydrogens is 414 g/mol. The number of carbonyl (C=O) groups is 1. The van der Waals surface area contributed by atoms with E-state index in [-0.39, 0.29) is 11.5 Å². The van der Waals surface area contributed by atoms with Crippen LogP contribution in [0, 0.1) is 20.8 Å². The van der Waals surface area contributed by atoms with Gasteiger partial charge in [0, 0.05) is 33.9 Å². The molecule has 0 aliphatic rings. The van der Waals surface area contributed by atoms with Crippen molar-refractivity contribution in [2.75, 3.05) is 5.75 Å². The average Bonchev–Trinajstić information content (AvgIpc) is 3.47. The fourth-order valence-corrected chi connectivity index (χ4v) is 4.84. The van der Waals surface area contributed by atoms with Crippen molar-refractivity contribution in [2.45, 2.75) is 39.0 Å². The Morgan fingerprint density at radius 2 is 1.97 bits per heavy atom. The fraction of sp³-hybridized carbons (Fsp3) is 0.261. The van der Waals surface area contributed by atoms with E-state index in [0.29, 0.717) is 11.1 Å². The molecule has 3 heterocycles. The van der Waals surface area contributed by atoms with E-state index >= 15 is 0 Å². The van der Waals surface area contributed by atoms with Crippen molar-refractivity contribution >= 4 is 28.9 Å². The third kappa shape index (κ3) is 4.42. The summed E-state index contributed by atoms with van der Waals surface area (Å²) < 4.78 is 7.98. The molecule has 0 fully saturated rings. The molecule has 0 bridgehead atoms. The zero-order chi connectivity index (χ0) is 21.1. The van der Waals surface area contributed by atoms with Crippen molar-refractivity contribution in [3.8, 4) is 11.5 Å². The van der Waals surface area contributed by atoms with Gasteiger partial charge in [-0.15, -0.1) is 21.5 Å². The number of thioether (sulfide) groups is 1. The summed E-state index contributed by atoms with van der Waals surface area (Å²) in [5.41, 5.74) is 4.88. The van der Waals surface area contributed by atoms with Crippen LogP contribution in [0.3, 0.4) is 0 Å². The van der Waals surface area contributed by atoms with Crippen molar-refractivity contribution < 1.29 is 9.21 Å². The zero-order valence-electron chi connectivity index (χ0n) is 17.2. The van der Waals surface area contributed by atoms with Gasteiger partial charge >= 0.3 is 0 Å². The molecule has 154 valence electrons. The summed E-state index contributed by atoms with van der Waals surface area (Å²) in [6.45, 7) is 6.95. The lowest BCUT2D eigenvalue weighted by atomic mass is 10.1. The summed E-state index contributed by atoms with van der Waals surface area (Å²) in [6, 6.07) is 14.1. The number of Topliss-reactive ketones (excluding diaryl/α,β-unsaturated/α-hetero) is 1. The minimum absolute atomic E-state index is 0.0751. The fourth-order valence-electron chi connectivity index (χ4n) is 3.50. The van der Waals surface area contributed by atoms with Gasteiger partial charge in [0.25, 0.3) is 5.22 Å². The molecule has 30 heavy (non-hydrogen) atoms. The third-order valence-electron chi connectivity index (χ3n) is 5.14. The van der Waals surface area contributed by atoms with E-state index in [9.17, 15) is 4.79 Å². The number of aryl methyl sites for hydroxylation is 3. The maximum atomic E-state index is 12.8. The second-order valence-electron chi connectivity index (χ2n) is 7.17. The number of ketones is 1. The first kappa shape index (κ1) is 20.6. The number of carbonyl (C=O) groups excluding carboxylic acids is 1. The smallest absolute Gasteiger partial charge is 0.277 e. The van der Waals surface area contributed by atoms with Crippen LogP contribution in [0.15, 0.2) is 57.5 Å². The largest absolute Gasteiger partial charge is 0.411 e. The monoisotopic (exact) mass is 437 g/mol. The van der Waals surface area contributed by atoms with Crippen LogP contribution in [-0.2, 0) is 13.0 Å². The van der Waals surface area contributed by atoms with Gasteiger partial charge in [0.1, 0.15) is 0 Å². The minimum atomic E-state index is 0.0751. The van der Waals surface area contributed by atoms with Crippen molar-refractivity contribution in [3.05, 3.63) is 75.2 Å². The Hall–Kier alpha value is -2.64. The van der Waals surface area contributed by atoms with E-state index in [0.717, 1.165) is 41.0 Å². The average molecular weight is 438 g/mol. The van der Waals surface area contributed by atoms with Gasteiger partial charge in [-0.3, -0.25) is 4.79 Å². The predicted molar refractivity (Wildman–Crippen MR) is 121 cm³/mol. The standard InChI is InChI=1S/C23H23N3O2S2/c1-15-7-4-5-9-19(15)22-24-25-23(28-22)30-14-21(27)20-13-16(2)26(17(20)3)11-10-18-8-6-12-29-18/h4-9,12-13H,10-11,14H2,1-3H3. The number of nitrogens with zero attached hydrogens (tertiary/aromatic N) is 3. The van der Waals surface area contributed by atoms with E-state index in [1.54, 1.807) is 11.3 Å². The minimum Gasteiger partial charge on any atom is -0.411 e. The van der Waals surface area contributed by atoms with Gasteiger partial charge in [-0.25, -0.2) is 0 Å².